The van der Waals surface area contributed by atoms with Gasteiger partial charge < -0.3 is 9.47 Å². The Morgan fingerprint density at radius 2 is 0.857 bits per heavy atom. The molecule has 0 unspecified atom stereocenters. The van der Waals surface area contributed by atoms with Crippen LogP contribution < -0.4 is 9.47 Å². The van der Waals surface area contributed by atoms with Gasteiger partial charge in [-0.1, -0.05) is 48.5 Å². The molecular weight excluding hydrogens is 556 g/mol. The lowest BCUT2D eigenvalue weighted by molar-refractivity contribution is -0.138. The molecular formula is C33H23F6NO2. The van der Waals surface area contributed by atoms with Gasteiger partial charge in [0.1, 0.15) is 11.5 Å². The normalized spacial score (nSPS) is 11.8. The molecule has 0 bridgehead atoms. The van der Waals surface area contributed by atoms with E-state index in [9.17, 15) is 26.3 Å². The van der Waals surface area contributed by atoms with Crippen molar-refractivity contribution < 1.29 is 35.8 Å². The molecule has 4 aromatic carbocycles. The number of rotatable bonds is 6. The largest absolute Gasteiger partial charge is 0.497 e. The summed E-state index contributed by atoms with van der Waals surface area (Å²) in [5.74, 6) is 1.09. The first kappa shape index (κ1) is 28.7. The van der Waals surface area contributed by atoms with Crippen LogP contribution in [0, 0.1) is 0 Å². The van der Waals surface area contributed by atoms with E-state index in [2.05, 4.69) is 0 Å². The maximum absolute atomic E-state index is 13.3. The van der Waals surface area contributed by atoms with Gasteiger partial charge in [0.05, 0.1) is 36.7 Å². The molecule has 0 atom stereocenters. The molecule has 0 aliphatic heterocycles. The number of hydrogen-bond acceptors (Lipinski definition) is 3. The second kappa shape index (κ2) is 11.2. The average molecular weight is 580 g/mol. The van der Waals surface area contributed by atoms with Gasteiger partial charge in [0.15, 0.2) is 0 Å². The van der Waals surface area contributed by atoms with Crippen LogP contribution in [0.1, 0.15) is 11.1 Å². The van der Waals surface area contributed by atoms with Crippen molar-refractivity contribution in [3.05, 3.63) is 114 Å². The summed E-state index contributed by atoms with van der Waals surface area (Å²) in [6, 6.07) is 25.2. The van der Waals surface area contributed by atoms with E-state index in [1.54, 1.807) is 54.6 Å². The monoisotopic (exact) mass is 579 g/mol. The fourth-order valence-corrected chi connectivity index (χ4v) is 4.61. The van der Waals surface area contributed by atoms with E-state index in [1.807, 2.05) is 0 Å². The zero-order chi connectivity index (χ0) is 30.1. The molecule has 0 radical (unpaired) electrons. The minimum absolute atomic E-state index is 0.443. The van der Waals surface area contributed by atoms with E-state index in [1.165, 1.54) is 38.5 Å². The van der Waals surface area contributed by atoms with Gasteiger partial charge in [0, 0.05) is 22.3 Å². The Bertz CT molecular complexity index is 1590. The lowest BCUT2D eigenvalue weighted by Crippen LogP contribution is -2.04. The van der Waals surface area contributed by atoms with Crippen molar-refractivity contribution in [1.29, 1.82) is 0 Å². The molecule has 3 nitrogen and oxygen atoms in total. The topological polar surface area (TPSA) is 31.4 Å². The highest BCUT2D eigenvalue weighted by molar-refractivity contribution is 5.91. The summed E-state index contributed by atoms with van der Waals surface area (Å²) in [5, 5.41) is 0. The molecule has 1 heterocycles. The third kappa shape index (κ3) is 5.95. The smallest absolute Gasteiger partial charge is 0.416 e. The molecule has 214 valence electrons. The number of alkyl halides is 6. The lowest BCUT2D eigenvalue weighted by atomic mass is 9.91. The number of methoxy groups -OCH3 is 2. The lowest BCUT2D eigenvalue weighted by Gasteiger charge is -2.18. The first-order valence-electron chi connectivity index (χ1n) is 12.7. The molecule has 0 amide bonds. The van der Waals surface area contributed by atoms with Crippen LogP contribution >= 0.6 is 0 Å². The zero-order valence-electron chi connectivity index (χ0n) is 22.3. The second-order valence-electron chi connectivity index (χ2n) is 9.39. The van der Waals surface area contributed by atoms with E-state index in [0.717, 1.165) is 24.3 Å². The molecule has 42 heavy (non-hydrogen) atoms. The Morgan fingerprint density at radius 3 is 1.19 bits per heavy atom. The number of ether oxygens (including phenoxy) is 2. The molecule has 0 saturated carbocycles. The summed E-state index contributed by atoms with van der Waals surface area (Å²) in [6.07, 6.45) is -9.04. The van der Waals surface area contributed by atoms with E-state index in [0.29, 0.717) is 56.3 Å². The second-order valence-corrected chi connectivity index (χ2v) is 9.39. The van der Waals surface area contributed by atoms with Gasteiger partial charge in [0.2, 0.25) is 0 Å². The zero-order valence-corrected chi connectivity index (χ0v) is 22.3. The fraction of sp³-hybridized carbons (Fsp3) is 0.121. The molecule has 0 aliphatic rings. The SMILES string of the molecule is COc1cccc(-c2nc(-c3cccc(OC)c3)c(-c3ccc(C(F)(F)F)cc3)cc2-c2ccc(C(F)(F)F)cc2)c1. The molecule has 9 heteroatoms. The minimum Gasteiger partial charge on any atom is -0.497 e. The van der Waals surface area contributed by atoms with Crippen molar-refractivity contribution in [3.8, 4) is 56.3 Å². The van der Waals surface area contributed by atoms with Gasteiger partial charge in [0.25, 0.3) is 0 Å². The van der Waals surface area contributed by atoms with E-state index in [4.69, 9.17) is 14.5 Å². The number of hydrogen-bond donors (Lipinski definition) is 0. The minimum atomic E-state index is -4.52. The number of nitrogens with zero attached hydrogens (tertiary/aromatic N) is 1. The summed E-state index contributed by atoms with van der Waals surface area (Å²) in [6.45, 7) is 0. The van der Waals surface area contributed by atoms with Crippen molar-refractivity contribution in [2.24, 2.45) is 0 Å². The Morgan fingerprint density at radius 1 is 0.476 bits per heavy atom. The summed E-state index contributed by atoms with van der Waals surface area (Å²) in [5.41, 5.74) is 2.40. The highest BCUT2D eigenvalue weighted by atomic mass is 19.4. The van der Waals surface area contributed by atoms with Crippen LogP contribution in [-0.2, 0) is 12.4 Å². The van der Waals surface area contributed by atoms with Crippen molar-refractivity contribution in [2.45, 2.75) is 12.4 Å². The molecule has 0 fully saturated rings. The van der Waals surface area contributed by atoms with Crippen molar-refractivity contribution in [1.82, 2.24) is 4.98 Å². The molecule has 0 N–H and O–H groups in total. The maximum atomic E-state index is 13.3. The van der Waals surface area contributed by atoms with Gasteiger partial charge >= 0.3 is 12.4 Å². The number of benzene rings is 4. The Balaban J connectivity index is 1.81. The van der Waals surface area contributed by atoms with Crippen LogP contribution in [0.5, 0.6) is 11.5 Å². The van der Waals surface area contributed by atoms with E-state index >= 15 is 0 Å². The Kier molecular flexibility index (Phi) is 7.69. The summed E-state index contributed by atoms with van der Waals surface area (Å²) < 4.78 is 90.8. The fourth-order valence-electron chi connectivity index (χ4n) is 4.61. The van der Waals surface area contributed by atoms with Crippen molar-refractivity contribution in [2.75, 3.05) is 14.2 Å². The predicted molar refractivity (Wildman–Crippen MR) is 149 cm³/mol. The number of aromatic nitrogens is 1. The molecule has 0 spiro atoms. The van der Waals surface area contributed by atoms with Gasteiger partial charge in [-0.15, -0.1) is 0 Å². The summed E-state index contributed by atoms with van der Waals surface area (Å²) in [7, 11) is 3.03. The number of halogens is 6. The van der Waals surface area contributed by atoms with Gasteiger partial charge in [-0.25, -0.2) is 4.98 Å². The quantitative estimate of drug-likeness (QED) is 0.188. The molecule has 5 rings (SSSR count). The van der Waals surface area contributed by atoms with Crippen LogP contribution in [0.3, 0.4) is 0 Å². The molecule has 5 aromatic rings. The first-order valence-corrected chi connectivity index (χ1v) is 12.7. The maximum Gasteiger partial charge on any atom is 0.416 e. The van der Waals surface area contributed by atoms with Gasteiger partial charge in [-0.3, -0.25) is 0 Å². The average Bonchev–Trinajstić information content (AvgIpc) is 2.99. The van der Waals surface area contributed by atoms with Gasteiger partial charge in [-0.05, 0) is 65.7 Å². The Hall–Kier alpha value is -4.79. The summed E-state index contributed by atoms with van der Waals surface area (Å²) >= 11 is 0. The highest BCUT2D eigenvalue weighted by Crippen LogP contribution is 2.42. The highest BCUT2D eigenvalue weighted by Gasteiger charge is 2.31. The van der Waals surface area contributed by atoms with E-state index in [-0.39, 0.29) is 0 Å². The van der Waals surface area contributed by atoms with E-state index < -0.39 is 23.5 Å². The number of pyridine rings is 1. The van der Waals surface area contributed by atoms with Crippen LogP contribution in [0.15, 0.2) is 103 Å². The van der Waals surface area contributed by atoms with Crippen LogP contribution in [0.25, 0.3) is 44.8 Å². The third-order valence-corrected chi connectivity index (χ3v) is 6.76. The van der Waals surface area contributed by atoms with Crippen LogP contribution in [-0.4, -0.2) is 19.2 Å². The van der Waals surface area contributed by atoms with Crippen molar-refractivity contribution >= 4 is 0 Å². The standard InChI is InChI=1S/C33H23F6NO2/c1-41-26-7-3-5-22(17-26)30-28(20-9-13-24(14-10-20)32(34,35)36)19-29(21-11-15-25(16-12-21)33(37,38)39)31(40-30)23-6-4-8-27(18-23)42-2/h3-19H,1-2H3. The molecule has 0 aliphatic carbocycles. The van der Waals surface area contributed by atoms with Crippen LogP contribution in [0.2, 0.25) is 0 Å². The first-order chi connectivity index (χ1) is 20.0. The van der Waals surface area contributed by atoms with Gasteiger partial charge in [-0.2, -0.15) is 26.3 Å². The summed E-state index contributed by atoms with van der Waals surface area (Å²) in [4.78, 5) is 5.00. The molecule has 0 saturated heterocycles. The molecule has 1 aromatic heterocycles. The van der Waals surface area contributed by atoms with Crippen LogP contribution in [0.4, 0.5) is 26.3 Å². The van der Waals surface area contributed by atoms with Crippen molar-refractivity contribution in [3.63, 3.8) is 0 Å². The third-order valence-electron chi connectivity index (χ3n) is 6.76. The Labute approximate surface area is 238 Å². The predicted octanol–water partition coefficient (Wildman–Crippen LogP) is 9.80.